The molecule has 6 nitrogen and oxygen atoms in total. The van der Waals surface area contributed by atoms with Crippen molar-refractivity contribution in [2.24, 2.45) is 0 Å². The maximum absolute atomic E-state index is 11.3. The number of H-pyrrole nitrogens is 1. The summed E-state index contributed by atoms with van der Waals surface area (Å²) in [6.45, 7) is 0.719. The Bertz CT molecular complexity index is 547. The van der Waals surface area contributed by atoms with Gasteiger partial charge >= 0.3 is 5.97 Å². The van der Waals surface area contributed by atoms with Crippen LogP contribution in [-0.2, 0) is 4.79 Å². The molecule has 6 heteroatoms. The van der Waals surface area contributed by atoms with Crippen molar-refractivity contribution in [1.82, 2.24) is 15.0 Å². The molecule has 18 heavy (non-hydrogen) atoms. The number of aromatic nitrogens is 3. The molecule has 0 saturated carbocycles. The molecular weight excluding hydrogens is 232 g/mol. The van der Waals surface area contributed by atoms with E-state index in [-0.39, 0.29) is 0 Å². The van der Waals surface area contributed by atoms with Crippen molar-refractivity contribution in [3.05, 3.63) is 18.3 Å². The van der Waals surface area contributed by atoms with Gasteiger partial charge in [0.15, 0.2) is 5.65 Å². The number of carboxylic acid groups (broad SMARTS) is 1. The highest BCUT2D eigenvalue weighted by Gasteiger charge is 2.30. The van der Waals surface area contributed by atoms with Crippen molar-refractivity contribution in [2.45, 2.75) is 25.3 Å². The number of aromatic amines is 1. The van der Waals surface area contributed by atoms with Crippen molar-refractivity contribution in [3.63, 3.8) is 0 Å². The Balaban J connectivity index is 1.98. The van der Waals surface area contributed by atoms with Gasteiger partial charge in [0.05, 0.1) is 5.52 Å². The largest absolute Gasteiger partial charge is 0.480 e. The molecule has 0 spiro atoms. The quantitative estimate of drug-likeness (QED) is 0.837. The molecule has 1 aliphatic rings. The van der Waals surface area contributed by atoms with Crippen molar-refractivity contribution >= 4 is 23.1 Å². The summed E-state index contributed by atoms with van der Waals surface area (Å²) in [6.07, 6.45) is 4.29. The lowest BCUT2D eigenvalue weighted by Gasteiger charge is -2.32. The second kappa shape index (κ2) is 4.29. The Labute approximate surface area is 104 Å². The molecule has 0 radical (unpaired) electrons. The molecule has 2 N–H and O–H groups in total. The van der Waals surface area contributed by atoms with Gasteiger partial charge in [-0.15, -0.1) is 0 Å². The minimum atomic E-state index is -0.789. The molecule has 1 atom stereocenters. The standard InChI is InChI=1S/C12H14N4O2/c17-11(18)9-5-1-2-7-16(9)12-14-8-4-3-6-13-10(8)15-12/h3-4,6,9H,1-2,5,7H2,(H,17,18)(H,13,14,15)/t9-/m1/s1. The Morgan fingerprint density at radius 2 is 2.39 bits per heavy atom. The fraction of sp³-hybridized carbons (Fsp3) is 0.417. The highest BCUT2D eigenvalue weighted by molar-refractivity contribution is 5.79. The van der Waals surface area contributed by atoms with Crippen LogP contribution in [0.4, 0.5) is 5.95 Å². The van der Waals surface area contributed by atoms with Crippen LogP contribution in [0.3, 0.4) is 0 Å². The highest BCUT2D eigenvalue weighted by atomic mass is 16.4. The average Bonchev–Trinajstić information content (AvgIpc) is 2.82. The van der Waals surface area contributed by atoms with Gasteiger partial charge in [0, 0.05) is 12.7 Å². The topological polar surface area (TPSA) is 82.1 Å². The van der Waals surface area contributed by atoms with E-state index in [1.54, 1.807) is 6.20 Å². The number of pyridine rings is 1. The van der Waals surface area contributed by atoms with Crippen molar-refractivity contribution in [1.29, 1.82) is 0 Å². The van der Waals surface area contributed by atoms with Gasteiger partial charge < -0.3 is 15.0 Å². The normalized spacial score (nSPS) is 20.2. The van der Waals surface area contributed by atoms with Crippen LogP contribution in [0.2, 0.25) is 0 Å². The second-order valence-corrected chi connectivity index (χ2v) is 4.48. The summed E-state index contributed by atoms with van der Waals surface area (Å²) in [5.74, 6) is -0.182. The molecule has 3 rings (SSSR count). The van der Waals surface area contributed by atoms with Gasteiger partial charge in [0.25, 0.3) is 0 Å². The third kappa shape index (κ3) is 1.79. The van der Waals surface area contributed by atoms with E-state index in [9.17, 15) is 9.90 Å². The van der Waals surface area contributed by atoms with E-state index in [0.717, 1.165) is 24.9 Å². The highest BCUT2D eigenvalue weighted by Crippen LogP contribution is 2.24. The number of piperidine rings is 1. The number of anilines is 1. The first-order valence-corrected chi connectivity index (χ1v) is 6.06. The summed E-state index contributed by atoms with van der Waals surface area (Å²) in [4.78, 5) is 24.7. The predicted octanol–water partition coefficient (Wildman–Crippen LogP) is 1.40. The number of carbonyl (C=O) groups is 1. The van der Waals surface area contributed by atoms with Gasteiger partial charge in [-0.1, -0.05) is 0 Å². The number of carboxylic acids is 1. The first-order valence-electron chi connectivity index (χ1n) is 6.06. The smallest absolute Gasteiger partial charge is 0.326 e. The van der Waals surface area contributed by atoms with Crippen molar-refractivity contribution in [3.8, 4) is 0 Å². The SMILES string of the molecule is O=C(O)[C@H]1CCCCN1c1nc2ncccc2[nH]1. The summed E-state index contributed by atoms with van der Waals surface area (Å²) >= 11 is 0. The zero-order chi connectivity index (χ0) is 12.5. The third-order valence-corrected chi connectivity index (χ3v) is 3.30. The molecule has 2 aromatic rings. The van der Waals surface area contributed by atoms with E-state index < -0.39 is 12.0 Å². The number of nitrogens with zero attached hydrogens (tertiary/aromatic N) is 3. The molecule has 0 aromatic carbocycles. The average molecular weight is 246 g/mol. The lowest BCUT2D eigenvalue weighted by molar-refractivity contribution is -0.139. The number of hydrogen-bond donors (Lipinski definition) is 2. The Kier molecular flexibility index (Phi) is 2.62. The predicted molar refractivity (Wildman–Crippen MR) is 66.5 cm³/mol. The minimum Gasteiger partial charge on any atom is -0.480 e. The van der Waals surface area contributed by atoms with Crippen LogP contribution in [0.15, 0.2) is 18.3 Å². The number of fused-ring (bicyclic) bond motifs is 1. The number of rotatable bonds is 2. The summed E-state index contributed by atoms with van der Waals surface area (Å²) in [5, 5.41) is 9.25. The molecule has 0 unspecified atom stereocenters. The molecule has 0 aliphatic carbocycles. The Hall–Kier alpha value is -2.11. The minimum absolute atomic E-state index is 0.487. The summed E-state index contributed by atoms with van der Waals surface area (Å²) in [5.41, 5.74) is 1.46. The van der Waals surface area contributed by atoms with Gasteiger partial charge in [-0.3, -0.25) is 0 Å². The van der Waals surface area contributed by atoms with Crippen LogP contribution >= 0.6 is 0 Å². The van der Waals surface area contributed by atoms with Crippen LogP contribution in [0, 0.1) is 0 Å². The van der Waals surface area contributed by atoms with Gasteiger partial charge in [-0.25, -0.2) is 9.78 Å². The molecule has 0 amide bonds. The lowest BCUT2D eigenvalue weighted by Crippen LogP contribution is -2.45. The van der Waals surface area contributed by atoms with Gasteiger partial charge in [-0.05, 0) is 31.4 Å². The summed E-state index contributed by atoms with van der Waals surface area (Å²) in [7, 11) is 0. The number of nitrogens with one attached hydrogen (secondary N) is 1. The molecule has 1 fully saturated rings. The van der Waals surface area contributed by atoms with E-state index in [2.05, 4.69) is 15.0 Å². The third-order valence-electron chi connectivity index (χ3n) is 3.30. The van der Waals surface area contributed by atoms with Gasteiger partial charge in [0.1, 0.15) is 6.04 Å². The van der Waals surface area contributed by atoms with Crippen LogP contribution in [0.5, 0.6) is 0 Å². The zero-order valence-corrected chi connectivity index (χ0v) is 9.83. The monoisotopic (exact) mass is 246 g/mol. The molecule has 94 valence electrons. The van der Waals surface area contributed by atoms with E-state index in [4.69, 9.17) is 0 Å². The molecule has 3 heterocycles. The molecule has 0 bridgehead atoms. The molecule has 1 aliphatic heterocycles. The van der Waals surface area contributed by atoms with Crippen LogP contribution in [-0.4, -0.2) is 38.6 Å². The van der Waals surface area contributed by atoms with Crippen LogP contribution in [0.25, 0.3) is 11.2 Å². The first kappa shape index (κ1) is 11.0. The Morgan fingerprint density at radius 1 is 1.50 bits per heavy atom. The molecule has 1 saturated heterocycles. The van der Waals surface area contributed by atoms with Crippen LogP contribution in [0.1, 0.15) is 19.3 Å². The first-order chi connectivity index (χ1) is 8.75. The summed E-state index contributed by atoms with van der Waals surface area (Å²) in [6, 6.07) is 3.23. The maximum Gasteiger partial charge on any atom is 0.326 e. The van der Waals surface area contributed by atoms with Gasteiger partial charge in [-0.2, -0.15) is 4.98 Å². The molecule has 2 aromatic heterocycles. The maximum atomic E-state index is 11.3. The molecular formula is C12H14N4O2. The zero-order valence-electron chi connectivity index (χ0n) is 9.83. The van der Waals surface area contributed by atoms with E-state index in [1.165, 1.54) is 0 Å². The van der Waals surface area contributed by atoms with E-state index >= 15 is 0 Å². The van der Waals surface area contributed by atoms with Crippen molar-refractivity contribution < 1.29 is 9.90 Å². The number of imidazole rings is 1. The fourth-order valence-electron chi connectivity index (χ4n) is 2.41. The van der Waals surface area contributed by atoms with Gasteiger partial charge in [0.2, 0.25) is 5.95 Å². The van der Waals surface area contributed by atoms with E-state index in [0.29, 0.717) is 18.0 Å². The van der Waals surface area contributed by atoms with Crippen molar-refractivity contribution in [2.75, 3.05) is 11.4 Å². The Morgan fingerprint density at radius 3 is 3.17 bits per heavy atom. The summed E-state index contributed by atoms with van der Waals surface area (Å²) < 4.78 is 0. The van der Waals surface area contributed by atoms with Crippen LogP contribution < -0.4 is 4.90 Å². The van der Waals surface area contributed by atoms with E-state index in [1.807, 2.05) is 17.0 Å². The fourth-order valence-corrected chi connectivity index (χ4v) is 2.41. The second-order valence-electron chi connectivity index (χ2n) is 4.48. The number of aliphatic carboxylic acids is 1. The lowest BCUT2D eigenvalue weighted by atomic mass is 10.0. The number of hydrogen-bond acceptors (Lipinski definition) is 4.